The first-order valence-corrected chi connectivity index (χ1v) is 9.30. The quantitative estimate of drug-likeness (QED) is 0.821. The molecule has 142 valence electrons. The second-order valence-corrected chi connectivity index (χ2v) is 7.10. The maximum absolute atomic E-state index is 12.7. The van der Waals surface area contributed by atoms with Gasteiger partial charge in [0.15, 0.2) is 0 Å². The Morgan fingerprint density at radius 2 is 2.18 bits per heavy atom. The third-order valence-electron chi connectivity index (χ3n) is 5.17. The fourth-order valence-corrected chi connectivity index (χ4v) is 3.76. The smallest absolute Gasteiger partial charge is 0.411 e. The number of fused-ring (bicyclic) bond motifs is 2. The number of benzene rings is 1. The van der Waals surface area contributed by atoms with E-state index in [0.29, 0.717) is 25.3 Å². The van der Waals surface area contributed by atoms with Crippen LogP contribution < -0.4 is 0 Å². The molecule has 2 aliphatic heterocycles. The molecule has 6 nitrogen and oxygen atoms in total. The van der Waals surface area contributed by atoms with Gasteiger partial charge < -0.3 is 9.47 Å². The molecule has 2 aliphatic rings. The van der Waals surface area contributed by atoms with Gasteiger partial charge in [-0.05, 0) is 41.7 Å². The molecule has 0 spiro atoms. The summed E-state index contributed by atoms with van der Waals surface area (Å²) in [6.45, 7) is 3.07. The standard InChI is InChI=1S/C22H21N3O3/c1-15-7-18(11-24-21(15)10-23)17-8-19-13-27-14-20(9-17)25(19)22(26)28-12-16-5-3-2-4-6-16/h2-8,11,19-20H,9,12-14H2,1H3. The Balaban J connectivity index is 1.52. The topological polar surface area (TPSA) is 75.4 Å². The molecule has 1 aromatic heterocycles. The Morgan fingerprint density at radius 1 is 1.36 bits per heavy atom. The zero-order chi connectivity index (χ0) is 19.5. The van der Waals surface area contributed by atoms with Crippen LogP contribution in [0.15, 0.2) is 48.7 Å². The van der Waals surface area contributed by atoms with E-state index in [1.54, 1.807) is 11.1 Å². The summed E-state index contributed by atoms with van der Waals surface area (Å²) in [6.07, 6.45) is 4.15. The lowest BCUT2D eigenvalue weighted by Crippen LogP contribution is -2.56. The molecule has 1 saturated heterocycles. The van der Waals surface area contributed by atoms with Crippen LogP contribution in [0.1, 0.15) is 28.8 Å². The zero-order valence-corrected chi connectivity index (χ0v) is 15.7. The lowest BCUT2D eigenvalue weighted by molar-refractivity contribution is -0.0342. The molecule has 28 heavy (non-hydrogen) atoms. The summed E-state index contributed by atoms with van der Waals surface area (Å²) in [5, 5.41) is 9.08. The second kappa shape index (κ2) is 7.83. The van der Waals surface area contributed by atoms with Crippen molar-refractivity contribution < 1.29 is 14.3 Å². The van der Waals surface area contributed by atoms with E-state index in [2.05, 4.69) is 17.1 Å². The van der Waals surface area contributed by atoms with Crippen molar-refractivity contribution in [3.05, 3.63) is 71.1 Å². The van der Waals surface area contributed by atoms with Gasteiger partial charge in [-0.25, -0.2) is 9.78 Å². The van der Waals surface area contributed by atoms with Crippen molar-refractivity contribution in [3.8, 4) is 6.07 Å². The number of aryl methyl sites for hydroxylation is 1. The molecule has 2 unspecified atom stereocenters. The molecule has 1 amide bonds. The largest absolute Gasteiger partial charge is 0.445 e. The van der Waals surface area contributed by atoms with Crippen molar-refractivity contribution in [2.75, 3.05) is 13.2 Å². The molecule has 0 N–H and O–H groups in total. The first-order valence-electron chi connectivity index (χ1n) is 9.30. The Kier molecular flexibility index (Phi) is 5.09. The Labute approximate surface area is 164 Å². The minimum Gasteiger partial charge on any atom is -0.445 e. The van der Waals surface area contributed by atoms with Crippen LogP contribution in [0.2, 0.25) is 0 Å². The van der Waals surface area contributed by atoms with Crippen molar-refractivity contribution in [1.82, 2.24) is 9.88 Å². The van der Waals surface area contributed by atoms with E-state index in [1.807, 2.05) is 43.3 Å². The molecule has 2 atom stereocenters. The number of aromatic nitrogens is 1. The number of rotatable bonds is 3. The number of amides is 1. The molecule has 0 saturated carbocycles. The second-order valence-electron chi connectivity index (χ2n) is 7.10. The number of nitriles is 1. The van der Waals surface area contributed by atoms with Crippen molar-refractivity contribution in [2.24, 2.45) is 0 Å². The molecular weight excluding hydrogens is 354 g/mol. The van der Waals surface area contributed by atoms with E-state index in [1.165, 1.54) is 0 Å². The number of hydrogen-bond donors (Lipinski definition) is 0. The number of ether oxygens (including phenoxy) is 2. The maximum atomic E-state index is 12.7. The Bertz CT molecular complexity index is 949. The molecular formula is C22H21N3O3. The molecule has 2 bridgehead atoms. The molecule has 1 fully saturated rings. The van der Waals surface area contributed by atoms with Gasteiger partial charge in [-0.2, -0.15) is 5.26 Å². The number of pyridine rings is 1. The average Bonchev–Trinajstić information content (AvgIpc) is 2.71. The minimum absolute atomic E-state index is 0.0713. The van der Waals surface area contributed by atoms with Crippen LogP contribution in [0.4, 0.5) is 4.79 Å². The van der Waals surface area contributed by atoms with Crippen molar-refractivity contribution in [1.29, 1.82) is 5.26 Å². The van der Waals surface area contributed by atoms with Crippen LogP contribution in [0, 0.1) is 18.3 Å². The van der Waals surface area contributed by atoms with Gasteiger partial charge in [0.05, 0.1) is 25.3 Å². The molecule has 0 radical (unpaired) electrons. The summed E-state index contributed by atoms with van der Waals surface area (Å²) in [6, 6.07) is 13.5. The van der Waals surface area contributed by atoms with Gasteiger partial charge in [0.1, 0.15) is 18.4 Å². The first-order chi connectivity index (χ1) is 13.7. The fourth-order valence-electron chi connectivity index (χ4n) is 3.76. The Morgan fingerprint density at radius 3 is 2.89 bits per heavy atom. The van der Waals surface area contributed by atoms with E-state index in [4.69, 9.17) is 14.7 Å². The van der Waals surface area contributed by atoms with Crippen LogP contribution in [-0.2, 0) is 16.1 Å². The summed E-state index contributed by atoms with van der Waals surface area (Å²) in [5.74, 6) is 0. The molecule has 3 heterocycles. The van der Waals surface area contributed by atoms with Gasteiger partial charge >= 0.3 is 6.09 Å². The normalized spacial score (nSPS) is 20.9. The van der Waals surface area contributed by atoms with Crippen LogP contribution in [0.3, 0.4) is 0 Å². The van der Waals surface area contributed by atoms with Gasteiger partial charge in [0.2, 0.25) is 0 Å². The monoisotopic (exact) mass is 375 g/mol. The van der Waals surface area contributed by atoms with Crippen molar-refractivity contribution >= 4 is 11.7 Å². The minimum atomic E-state index is -0.313. The molecule has 6 heteroatoms. The van der Waals surface area contributed by atoms with E-state index in [9.17, 15) is 4.79 Å². The highest BCUT2D eigenvalue weighted by Gasteiger charge is 2.39. The van der Waals surface area contributed by atoms with E-state index in [-0.39, 0.29) is 24.8 Å². The van der Waals surface area contributed by atoms with Crippen molar-refractivity contribution in [3.63, 3.8) is 0 Å². The SMILES string of the molecule is Cc1cc(C2=CC3COCC(C2)N3C(=O)OCc2ccccc2)cnc1C#N. The van der Waals surface area contributed by atoms with E-state index >= 15 is 0 Å². The number of carbonyl (C=O) groups is 1. The van der Waals surface area contributed by atoms with Gasteiger partial charge in [0, 0.05) is 6.20 Å². The lowest BCUT2D eigenvalue weighted by atomic mass is 9.90. The first kappa shape index (κ1) is 18.2. The molecule has 2 aromatic rings. The summed E-state index contributed by atoms with van der Waals surface area (Å²) in [5.41, 5.74) is 4.38. The predicted octanol–water partition coefficient (Wildman–Crippen LogP) is 3.46. The predicted molar refractivity (Wildman–Crippen MR) is 103 cm³/mol. The highest BCUT2D eigenvalue weighted by atomic mass is 16.6. The van der Waals surface area contributed by atoms with Crippen LogP contribution in [0.25, 0.3) is 5.57 Å². The third-order valence-corrected chi connectivity index (χ3v) is 5.17. The van der Waals surface area contributed by atoms with E-state index < -0.39 is 0 Å². The number of hydrogen-bond acceptors (Lipinski definition) is 5. The number of nitrogens with zero attached hydrogens (tertiary/aromatic N) is 3. The summed E-state index contributed by atoms with van der Waals surface area (Å²) in [4.78, 5) is 18.8. The van der Waals surface area contributed by atoms with Crippen LogP contribution >= 0.6 is 0 Å². The van der Waals surface area contributed by atoms with Crippen LogP contribution in [0.5, 0.6) is 0 Å². The fraction of sp³-hybridized carbons (Fsp3) is 0.318. The number of morpholine rings is 1. The zero-order valence-electron chi connectivity index (χ0n) is 15.7. The molecule has 1 aromatic carbocycles. The maximum Gasteiger partial charge on any atom is 0.411 e. The van der Waals surface area contributed by atoms with Crippen LogP contribution in [-0.4, -0.2) is 41.3 Å². The summed E-state index contributed by atoms with van der Waals surface area (Å²) in [7, 11) is 0. The molecule has 4 rings (SSSR count). The van der Waals surface area contributed by atoms with Crippen molar-refractivity contribution in [2.45, 2.75) is 32.0 Å². The summed E-state index contributed by atoms with van der Waals surface area (Å²) < 4.78 is 11.2. The van der Waals surface area contributed by atoms with E-state index in [0.717, 1.165) is 22.3 Å². The van der Waals surface area contributed by atoms with Gasteiger partial charge in [-0.15, -0.1) is 0 Å². The third kappa shape index (κ3) is 3.62. The van der Waals surface area contributed by atoms with Gasteiger partial charge in [-0.1, -0.05) is 36.4 Å². The number of carbonyl (C=O) groups excluding carboxylic acids is 1. The van der Waals surface area contributed by atoms with Gasteiger partial charge in [0.25, 0.3) is 0 Å². The average molecular weight is 375 g/mol. The highest BCUT2D eigenvalue weighted by molar-refractivity contribution is 5.74. The lowest BCUT2D eigenvalue weighted by Gasteiger charge is -2.43. The highest BCUT2D eigenvalue weighted by Crippen LogP contribution is 2.33. The van der Waals surface area contributed by atoms with Gasteiger partial charge in [-0.3, -0.25) is 4.90 Å². The Hall–Kier alpha value is -3.17. The summed E-state index contributed by atoms with van der Waals surface area (Å²) >= 11 is 0. The molecule has 0 aliphatic carbocycles.